The second-order valence-corrected chi connectivity index (χ2v) is 7.23. The van der Waals surface area contributed by atoms with Crippen LogP contribution in [-0.4, -0.2) is 39.4 Å². The normalized spacial score (nSPS) is 17.6. The van der Waals surface area contributed by atoms with Gasteiger partial charge in [0.05, 0.1) is 6.20 Å². The second-order valence-electron chi connectivity index (χ2n) is 6.14. The Kier molecular flexibility index (Phi) is 5.39. The van der Waals surface area contributed by atoms with Crippen LogP contribution in [0, 0.1) is 5.92 Å². The third-order valence-electron chi connectivity index (χ3n) is 4.25. The average Bonchev–Trinajstić information content (AvgIpc) is 3.21. The molecule has 1 aliphatic heterocycles. The summed E-state index contributed by atoms with van der Waals surface area (Å²) in [6, 6.07) is 10.5. The molecule has 5 heteroatoms. The Morgan fingerprint density at radius 1 is 1.35 bits per heavy atom. The lowest BCUT2D eigenvalue weighted by Crippen LogP contribution is -2.29. The summed E-state index contributed by atoms with van der Waals surface area (Å²) in [6.07, 6.45) is 6.32. The summed E-state index contributed by atoms with van der Waals surface area (Å²) < 4.78 is 1.78. The van der Waals surface area contributed by atoms with Crippen molar-refractivity contribution < 1.29 is 4.79 Å². The maximum absolute atomic E-state index is 12.3. The highest BCUT2D eigenvalue weighted by molar-refractivity contribution is 7.99. The topological polar surface area (TPSA) is 38.1 Å². The summed E-state index contributed by atoms with van der Waals surface area (Å²) in [6.45, 7) is 1.82. The lowest BCUT2D eigenvalue weighted by molar-refractivity contribution is -0.130. The minimum atomic E-state index is 0.279. The highest BCUT2D eigenvalue weighted by Crippen LogP contribution is 2.26. The predicted molar refractivity (Wildman–Crippen MR) is 93.4 cm³/mol. The summed E-state index contributed by atoms with van der Waals surface area (Å²) in [5, 5.41) is 4.15. The molecule has 0 saturated carbocycles. The van der Waals surface area contributed by atoms with Crippen LogP contribution in [-0.2, 0) is 18.3 Å². The number of likely N-dealkylation sites (tertiary alicyclic amines) is 1. The van der Waals surface area contributed by atoms with E-state index in [1.807, 2.05) is 42.2 Å². The Morgan fingerprint density at radius 2 is 2.17 bits per heavy atom. The maximum atomic E-state index is 12.3. The van der Waals surface area contributed by atoms with Gasteiger partial charge < -0.3 is 4.90 Å². The number of amides is 1. The van der Waals surface area contributed by atoms with Crippen molar-refractivity contribution in [3.05, 3.63) is 48.3 Å². The van der Waals surface area contributed by atoms with E-state index < -0.39 is 0 Å². The zero-order valence-corrected chi connectivity index (χ0v) is 14.3. The van der Waals surface area contributed by atoms with E-state index in [0.29, 0.717) is 12.3 Å². The zero-order chi connectivity index (χ0) is 16.1. The molecule has 23 heavy (non-hydrogen) atoms. The fourth-order valence-corrected chi connectivity index (χ4v) is 3.99. The molecule has 1 atom stereocenters. The van der Waals surface area contributed by atoms with Crippen molar-refractivity contribution in [3.8, 4) is 0 Å². The maximum Gasteiger partial charge on any atom is 0.222 e. The number of hydrogen-bond donors (Lipinski definition) is 0. The van der Waals surface area contributed by atoms with Crippen LogP contribution in [0.15, 0.2) is 47.6 Å². The SMILES string of the molecule is Cn1cc(CCC(=O)N2CCC(CSc3ccccc3)C2)cn1. The average molecular weight is 329 g/mol. The van der Waals surface area contributed by atoms with Gasteiger partial charge in [-0.15, -0.1) is 11.8 Å². The smallest absolute Gasteiger partial charge is 0.222 e. The van der Waals surface area contributed by atoms with E-state index in [9.17, 15) is 4.79 Å². The molecule has 122 valence electrons. The molecule has 0 aliphatic carbocycles. The monoisotopic (exact) mass is 329 g/mol. The molecule has 1 aromatic carbocycles. The number of aromatic nitrogens is 2. The van der Waals surface area contributed by atoms with Crippen LogP contribution in [0.4, 0.5) is 0 Å². The number of thioether (sulfide) groups is 1. The standard InChI is InChI=1S/C18H23N3OS/c1-20-12-15(11-19-20)7-8-18(22)21-10-9-16(13-21)14-23-17-5-3-2-4-6-17/h2-6,11-12,16H,7-10,13-14H2,1H3. The van der Waals surface area contributed by atoms with Gasteiger partial charge in [-0.05, 0) is 36.5 Å². The van der Waals surface area contributed by atoms with E-state index in [0.717, 1.165) is 37.2 Å². The number of carbonyl (C=O) groups excluding carboxylic acids is 1. The predicted octanol–water partition coefficient (Wildman–Crippen LogP) is 2.99. The molecular formula is C18H23N3OS. The minimum Gasteiger partial charge on any atom is -0.342 e. The highest BCUT2D eigenvalue weighted by Gasteiger charge is 2.25. The van der Waals surface area contributed by atoms with Crippen LogP contribution in [0.3, 0.4) is 0 Å². The van der Waals surface area contributed by atoms with Crippen molar-refractivity contribution in [3.63, 3.8) is 0 Å². The van der Waals surface area contributed by atoms with Crippen LogP contribution in [0.1, 0.15) is 18.4 Å². The van der Waals surface area contributed by atoms with Crippen molar-refractivity contribution in [2.45, 2.75) is 24.2 Å². The first kappa shape index (κ1) is 16.1. The number of carbonyl (C=O) groups is 1. The molecular weight excluding hydrogens is 306 g/mol. The van der Waals surface area contributed by atoms with Gasteiger partial charge in [0.25, 0.3) is 0 Å². The van der Waals surface area contributed by atoms with Gasteiger partial charge in [-0.1, -0.05) is 18.2 Å². The van der Waals surface area contributed by atoms with E-state index in [-0.39, 0.29) is 5.91 Å². The molecule has 0 radical (unpaired) electrons. The van der Waals surface area contributed by atoms with Crippen molar-refractivity contribution in [2.75, 3.05) is 18.8 Å². The number of rotatable bonds is 6. The number of benzene rings is 1. The van der Waals surface area contributed by atoms with Gasteiger partial charge in [-0.25, -0.2) is 0 Å². The summed E-state index contributed by atoms with van der Waals surface area (Å²) >= 11 is 1.90. The van der Waals surface area contributed by atoms with E-state index in [1.54, 1.807) is 4.68 Å². The molecule has 2 heterocycles. The lowest BCUT2D eigenvalue weighted by Gasteiger charge is -2.16. The fourth-order valence-electron chi connectivity index (χ4n) is 2.94. The summed E-state index contributed by atoms with van der Waals surface area (Å²) in [7, 11) is 1.90. The fraction of sp³-hybridized carbons (Fsp3) is 0.444. The van der Waals surface area contributed by atoms with Crippen LogP contribution in [0.2, 0.25) is 0 Å². The summed E-state index contributed by atoms with van der Waals surface area (Å²) in [5.41, 5.74) is 1.14. The third-order valence-corrected chi connectivity index (χ3v) is 5.50. The Morgan fingerprint density at radius 3 is 2.91 bits per heavy atom. The lowest BCUT2D eigenvalue weighted by atomic mass is 10.1. The van der Waals surface area contributed by atoms with Gasteiger partial charge >= 0.3 is 0 Å². The Hall–Kier alpha value is -1.75. The molecule has 1 fully saturated rings. The van der Waals surface area contributed by atoms with Gasteiger partial charge in [0.2, 0.25) is 5.91 Å². The van der Waals surface area contributed by atoms with Gasteiger partial charge in [0, 0.05) is 43.4 Å². The van der Waals surface area contributed by atoms with Gasteiger partial charge in [0.1, 0.15) is 0 Å². The molecule has 0 bridgehead atoms. The molecule has 2 aromatic rings. The zero-order valence-electron chi connectivity index (χ0n) is 13.5. The molecule has 4 nitrogen and oxygen atoms in total. The van der Waals surface area contributed by atoms with E-state index in [1.165, 1.54) is 4.90 Å². The van der Waals surface area contributed by atoms with E-state index in [4.69, 9.17) is 0 Å². The van der Waals surface area contributed by atoms with E-state index in [2.05, 4.69) is 29.4 Å². The first-order valence-electron chi connectivity index (χ1n) is 8.14. The van der Waals surface area contributed by atoms with Crippen LogP contribution >= 0.6 is 11.8 Å². The molecule has 1 unspecified atom stereocenters. The molecule has 3 rings (SSSR count). The van der Waals surface area contributed by atoms with E-state index >= 15 is 0 Å². The van der Waals surface area contributed by atoms with Gasteiger partial charge in [-0.3, -0.25) is 9.48 Å². The Bertz CT molecular complexity index is 641. The third kappa shape index (κ3) is 4.61. The quantitative estimate of drug-likeness (QED) is 0.765. The largest absolute Gasteiger partial charge is 0.342 e. The number of aryl methyl sites for hydroxylation is 2. The first-order valence-corrected chi connectivity index (χ1v) is 9.12. The van der Waals surface area contributed by atoms with Crippen molar-refractivity contribution in [1.82, 2.24) is 14.7 Å². The van der Waals surface area contributed by atoms with Crippen LogP contribution in [0.25, 0.3) is 0 Å². The van der Waals surface area contributed by atoms with Crippen LogP contribution in [0.5, 0.6) is 0 Å². The van der Waals surface area contributed by atoms with Gasteiger partial charge in [-0.2, -0.15) is 5.10 Å². The second kappa shape index (κ2) is 7.68. The minimum absolute atomic E-state index is 0.279. The Labute approximate surface area is 141 Å². The number of nitrogens with zero attached hydrogens (tertiary/aromatic N) is 3. The first-order chi connectivity index (χ1) is 11.2. The van der Waals surface area contributed by atoms with Gasteiger partial charge in [0.15, 0.2) is 0 Å². The van der Waals surface area contributed by atoms with Crippen molar-refractivity contribution >= 4 is 17.7 Å². The van der Waals surface area contributed by atoms with Crippen molar-refractivity contribution in [1.29, 1.82) is 0 Å². The summed E-state index contributed by atoms with van der Waals surface area (Å²) in [5.74, 6) is 1.99. The molecule has 0 spiro atoms. The molecule has 1 saturated heterocycles. The summed E-state index contributed by atoms with van der Waals surface area (Å²) in [4.78, 5) is 15.7. The molecule has 0 N–H and O–H groups in total. The molecule has 1 aliphatic rings. The van der Waals surface area contributed by atoms with Crippen molar-refractivity contribution in [2.24, 2.45) is 13.0 Å². The van der Waals surface area contributed by atoms with Crippen LogP contribution < -0.4 is 0 Å². The molecule has 1 aromatic heterocycles. The Balaban J connectivity index is 1.41. The number of hydrogen-bond acceptors (Lipinski definition) is 3. The molecule has 1 amide bonds. The highest BCUT2D eigenvalue weighted by atomic mass is 32.2.